The second-order valence-electron chi connectivity index (χ2n) is 9.13. The van der Waals surface area contributed by atoms with Crippen LogP contribution in [-0.2, 0) is 9.59 Å². The second-order valence-corrected chi connectivity index (χ2v) is 10.5. The average Bonchev–Trinajstić information content (AvgIpc) is 3.37. The van der Waals surface area contributed by atoms with E-state index in [0.29, 0.717) is 35.9 Å². The maximum Gasteiger partial charge on any atom is 0.230 e. The number of carbonyl (C=O) groups excluding carboxylic acids is 2. The maximum absolute atomic E-state index is 12.9. The smallest absolute Gasteiger partial charge is 0.230 e. The number of amides is 2. The molecule has 0 bridgehead atoms. The first-order chi connectivity index (χ1) is 16.4. The van der Waals surface area contributed by atoms with Crippen LogP contribution in [-0.4, -0.2) is 58.1 Å². The zero-order valence-corrected chi connectivity index (χ0v) is 21.3. The fourth-order valence-electron chi connectivity index (χ4n) is 4.75. The van der Waals surface area contributed by atoms with Gasteiger partial charge >= 0.3 is 0 Å². The molecular weight excluding hydrogens is 470 g/mol. The summed E-state index contributed by atoms with van der Waals surface area (Å²) in [6.45, 7) is 6.14. The van der Waals surface area contributed by atoms with Crippen LogP contribution in [0.25, 0.3) is 0 Å². The fourth-order valence-corrected chi connectivity index (χ4v) is 5.64. The van der Waals surface area contributed by atoms with Crippen LogP contribution < -0.4 is 10.2 Å². The first-order valence-corrected chi connectivity index (χ1v) is 13.3. The summed E-state index contributed by atoms with van der Waals surface area (Å²) in [5.41, 5.74) is 1.06. The van der Waals surface area contributed by atoms with Crippen LogP contribution in [0, 0.1) is 5.92 Å². The molecular formula is C25H32ClN5O2S. The molecule has 2 aromatic rings. The Kier molecular flexibility index (Phi) is 8.32. The van der Waals surface area contributed by atoms with Crippen LogP contribution in [0.15, 0.2) is 41.6 Å². The minimum Gasteiger partial charge on any atom is -0.353 e. The Bertz CT molecular complexity index is 1000. The highest BCUT2D eigenvalue weighted by Gasteiger charge is 2.33. The van der Waals surface area contributed by atoms with E-state index in [1.165, 1.54) is 11.8 Å². The third-order valence-corrected chi connectivity index (χ3v) is 7.65. The molecule has 2 fully saturated rings. The molecule has 1 saturated carbocycles. The number of nitrogens with zero attached hydrogens (tertiary/aromatic N) is 4. The summed E-state index contributed by atoms with van der Waals surface area (Å²) in [5.74, 6) is 1.36. The Morgan fingerprint density at radius 1 is 1.18 bits per heavy atom. The quantitative estimate of drug-likeness (QED) is 0.345. The van der Waals surface area contributed by atoms with Crippen molar-refractivity contribution in [2.24, 2.45) is 5.92 Å². The summed E-state index contributed by atoms with van der Waals surface area (Å²) in [4.78, 5) is 38.5. The number of benzene rings is 1. The van der Waals surface area contributed by atoms with Crippen molar-refractivity contribution in [1.82, 2.24) is 20.2 Å². The Morgan fingerprint density at radius 2 is 1.91 bits per heavy atom. The van der Waals surface area contributed by atoms with E-state index in [9.17, 15) is 9.59 Å². The van der Waals surface area contributed by atoms with Gasteiger partial charge in [-0.1, -0.05) is 66.5 Å². The normalized spacial score (nSPS) is 19.8. The first-order valence-electron chi connectivity index (χ1n) is 12.0. The van der Waals surface area contributed by atoms with Crippen molar-refractivity contribution < 1.29 is 9.59 Å². The minimum absolute atomic E-state index is 0.0742. The predicted molar refractivity (Wildman–Crippen MR) is 136 cm³/mol. The molecule has 2 unspecified atom stereocenters. The van der Waals surface area contributed by atoms with Crippen LogP contribution in [0.4, 0.5) is 5.82 Å². The molecule has 182 valence electrons. The van der Waals surface area contributed by atoms with Crippen molar-refractivity contribution in [1.29, 1.82) is 0 Å². The summed E-state index contributed by atoms with van der Waals surface area (Å²) < 4.78 is 0. The molecule has 2 atom stereocenters. The largest absolute Gasteiger partial charge is 0.353 e. The van der Waals surface area contributed by atoms with Gasteiger partial charge in [-0.15, -0.1) is 0 Å². The Labute approximate surface area is 210 Å². The van der Waals surface area contributed by atoms with E-state index in [4.69, 9.17) is 11.6 Å². The van der Waals surface area contributed by atoms with Crippen LogP contribution in [0.2, 0.25) is 5.15 Å². The zero-order valence-electron chi connectivity index (χ0n) is 19.7. The van der Waals surface area contributed by atoms with E-state index < -0.39 is 0 Å². The topological polar surface area (TPSA) is 78.4 Å². The van der Waals surface area contributed by atoms with E-state index in [2.05, 4.69) is 27.1 Å². The van der Waals surface area contributed by atoms with Crippen molar-refractivity contribution in [3.63, 3.8) is 0 Å². The highest BCUT2D eigenvalue weighted by atomic mass is 35.5. The fraction of sp³-hybridized carbons (Fsp3) is 0.520. The number of halogens is 1. The van der Waals surface area contributed by atoms with Gasteiger partial charge in [-0.2, -0.15) is 0 Å². The maximum atomic E-state index is 12.9. The molecule has 1 aliphatic heterocycles. The summed E-state index contributed by atoms with van der Waals surface area (Å²) in [5, 5.41) is 3.83. The monoisotopic (exact) mass is 501 g/mol. The number of nitrogens with one attached hydrogen (secondary N) is 1. The number of thioether (sulfide) groups is 1. The van der Waals surface area contributed by atoms with Crippen molar-refractivity contribution in [3.05, 3.63) is 47.1 Å². The molecule has 1 aromatic carbocycles. The van der Waals surface area contributed by atoms with Gasteiger partial charge in [0.05, 0.1) is 11.8 Å². The lowest BCUT2D eigenvalue weighted by molar-refractivity contribution is -0.137. The van der Waals surface area contributed by atoms with Gasteiger partial charge in [0.2, 0.25) is 11.8 Å². The van der Waals surface area contributed by atoms with Gasteiger partial charge in [0.15, 0.2) is 5.16 Å². The molecule has 1 saturated heterocycles. The van der Waals surface area contributed by atoms with Gasteiger partial charge in [-0.05, 0) is 32.3 Å². The highest BCUT2D eigenvalue weighted by molar-refractivity contribution is 7.99. The van der Waals surface area contributed by atoms with Gasteiger partial charge in [0.25, 0.3) is 0 Å². The molecule has 2 aliphatic rings. The molecule has 0 spiro atoms. The zero-order chi connectivity index (χ0) is 24.1. The molecule has 2 heterocycles. The van der Waals surface area contributed by atoms with Crippen molar-refractivity contribution in [3.8, 4) is 0 Å². The van der Waals surface area contributed by atoms with E-state index in [0.717, 1.165) is 37.1 Å². The van der Waals surface area contributed by atoms with Crippen molar-refractivity contribution >= 4 is 41.0 Å². The van der Waals surface area contributed by atoms with E-state index in [1.807, 2.05) is 42.2 Å². The van der Waals surface area contributed by atoms with Crippen LogP contribution >= 0.6 is 23.4 Å². The second kappa shape index (κ2) is 11.4. The third-order valence-electron chi connectivity index (χ3n) is 6.61. The summed E-state index contributed by atoms with van der Waals surface area (Å²) in [7, 11) is 0. The van der Waals surface area contributed by atoms with Crippen molar-refractivity contribution in [2.45, 2.75) is 56.8 Å². The number of rotatable bonds is 7. The number of piperazine rings is 1. The molecule has 4 rings (SSSR count). The van der Waals surface area contributed by atoms with Crippen LogP contribution in [0.3, 0.4) is 0 Å². The lowest BCUT2D eigenvalue weighted by Crippen LogP contribution is -2.55. The molecule has 2 amide bonds. The number of carbonyl (C=O) groups is 2. The lowest BCUT2D eigenvalue weighted by Gasteiger charge is -2.41. The van der Waals surface area contributed by atoms with Gasteiger partial charge < -0.3 is 15.1 Å². The number of hydrogen-bond donors (Lipinski definition) is 1. The molecule has 34 heavy (non-hydrogen) atoms. The average molecular weight is 502 g/mol. The standard InChI is InChI=1S/C25H32ClN5O2S/c1-17-15-30(12-13-31(17)24(33)20-10-6-7-11-20)22-14-21(26)28-25(29-22)34-16-23(32)27-18(2)19-8-4-3-5-9-19/h3-5,8-9,14,17-18,20H,6-7,10-13,15-16H2,1-2H3,(H,27,32). The van der Waals surface area contributed by atoms with Crippen molar-refractivity contribution in [2.75, 3.05) is 30.3 Å². The van der Waals surface area contributed by atoms with Crippen LogP contribution in [0.1, 0.15) is 51.1 Å². The van der Waals surface area contributed by atoms with Gasteiger partial charge in [0, 0.05) is 37.7 Å². The summed E-state index contributed by atoms with van der Waals surface area (Å²) in [6, 6.07) is 11.6. The molecule has 0 radical (unpaired) electrons. The SMILES string of the molecule is CC(NC(=O)CSc1nc(Cl)cc(N2CCN(C(=O)C3CCCC3)C(C)C2)n1)c1ccccc1. The van der Waals surface area contributed by atoms with E-state index >= 15 is 0 Å². The van der Waals surface area contributed by atoms with Gasteiger partial charge in [-0.25, -0.2) is 9.97 Å². The molecule has 1 N–H and O–H groups in total. The lowest BCUT2D eigenvalue weighted by atomic mass is 10.0. The highest BCUT2D eigenvalue weighted by Crippen LogP contribution is 2.29. The Balaban J connectivity index is 1.33. The van der Waals surface area contributed by atoms with Gasteiger partial charge in [0.1, 0.15) is 11.0 Å². The third kappa shape index (κ3) is 6.21. The number of hydrogen-bond acceptors (Lipinski definition) is 6. The molecule has 1 aromatic heterocycles. The van der Waals surface area contributed by atoms with E-state index in [-0.39, 0.29) is 29.7 Å². The molecule has 1 aliphatic carbocycles. The summed E-state index contributed by atoms with van der Waals surface area (Å²) >= 11 is 7.57. The number of anilines is 1. The predicted octanol–water partition coefficient (Wildman–Crippen LogP) is 4.33. The molecule has 9 heteroatoms. The molecule has 7 nitrogen and oxygen atoms in total. The minimum atomic E-state index is -0.0841. The Hall–Kier alpha value is -2.32. The van der Waals surface area contributed by atoms with Crippen LogP contribution in [0.5, 0.6) is 0 Å². The van der Waals surface area contributed by atoms with E-state index in [1.54, 1.807) is 6.07 Å². The van der Waals surface area contributed by atoms with Gasteiger partial charge in [-0.3, -0.25) is 9.59 Å². The Morgan fingerprint density at radius 3 is 2.62 bits per heavy atom. The first kappa shape index (κ1) is 24.8. The summed E-state index contributed by atoms with van der Waals surface area (Å²) in [6.07, 6.45) is 4.36. The number of aromatic nitrogens is 2.